The molecule has 0 fully saturated rings. The molecule has 0 amide bonds. The summed E-state index contributed by atoms with van der Waals surface area (Å²) in [4.78, 5) is 38.2. The Labute approximate surface area is 431 Å². The van der Waals surface area contributed by atoms with Crippen molar-refractivity contribution in [1.82, 2.24) is 0 Å². The Morgan fingerprint density at radius 3 is 0.725 bits per heavy atom. The molecule has 6 heteroatoms. The highest BCUT2D eigenvalue weighted by Gasteiger charge is 2.19. The Balaban J connectivity index is 4.25. The number of hydrogen-bond donors (Lipinski definition) is 0. The summed E-state index contributed by atoms with van der Waals surface area (Å²) in [7, 11) is 0. The molecule has 0 aromatic carbocycles. The first-order valence-electron chi connectivity index (χ1n) is 31.2. The van der Waals surface area contributed by atoms with Crippen LogP contribution in [0.25, 0.3) is 0 Å². The van der Waals surface area contributed by atoms with Crippen molar-refractivity contribution in [1.29, 1.82) is 0 Å². The third kappa shape index (κ3) is 56.9. The van der Waals surface area contributed by atoms with Crippen LogP contribution < -0.4 is 0 Å². The first kappa shape index (κ1) is 67.1. The Morgan fingerprint density at radius 1 is 0.275 bits per heavy atom. The number of unbranched alkanes of at least 4 members (excludes halogenated alkanes) is 45. The molecule has 0 bridgehead atoms. The Kier molecular flexibility index (Phi) is 57.1. The van der Waals surface area contributed by atoms with Crippen LogP contribution in [0.5, 0.6) is 0 Å². The van der Waals surface area contributed by atoms with Gasteiger partial charge in [-0.1, -0.05) is 303 Å². The van der Waals surface area contributed by atoms with E-state index in [0.29, 0.717) is 19.3 Å². The van der Waals surface area contributed by atoms with Crippen molar-refractivity contribution in [2.45, 2.75) is 361 Å². The highest BCUT2D eigenvalue weighted by atomic mass is 16.6. The fraction of sp³-hybridized carbons (Fsp3) is 0.921. The van der Waals surface area contributed by atoms with Gasteiger partial charge in [0.1, 0.15) is 13.2 Å². The van der Waals surface area contributed by atoms with Gasteiger partial charge in [0.2, 0.25) is 0 Å². The molecule has 0 aromatic heterocycles. The SMILES string of the molecule is CCCCCCC/C=C\CCCCCCCC(=O)OCC(COC(=O)CCCCCCCCCCCCCCCCCCCCCCCC)OC(=O)CCCCCCCCCCCCCCCCC. The molecule has 0 aliphatic carbocycles. The lowest BCUT2D eigenvalue weighted by molar-refractivity contribution is -0.167. The Morgan fingerprint density at radius 2 is 0.478 bits per heavy atom. The van der Waals surface area contributed by atoms with Gasteiger partial charge in [0.25, 0.3) is 0 Å². The molecule has 0 spiro atoms. The van der Waals surface area contributed by atoms with Gasteiger partial charge < -0.3 is 14.2 Å². The quantitative estimate of drug-likeness (QED) is 0.0261. The van der Waals surface area contributed by atoms with E-state index in [-0.39, 0.29) is 31.1 Å². The third-order valence-corrected chi connectivity index (χ3v) is 14.3. The van der Waals surface area contributed by atoms with Crippen LogP contribution in [0.2, 0.25) is 0 Å². The number of carbonyl (C=O) groups excluding carboxylic acids is 3. The van der Waals surface area contributed by atoms with E-state index in [2.05, 4.69) is 32.9 Å². The van der Waals surface area contributed by atoms with Gasteiger partial charge in [-0.3, -0.25) is 14.4 Å². The van der Waals surface area contributed by atoms with Gasteiger partial charge in [0.15, 0.2) is 6.10 Å². The van der Waals surface area contributed by atoms with Crippen molar-refractivity contribution in [3.63, 3.8) is 0 Å². The van der Waals surface area contributed by atoms with Gasteiger partial charge in [-0.15, -0.1) is 0 Å². The van der Waals surface area contributed by atoms with E-state index < -0.39 is 6.10 Å². The lowest BCUT2D eigenvalue weighted by Gasteiger charge is -2.18. The van der Waals surface area contributed by atoms with Crippen LogP contribution in [-0.2, 0) is 28.6 Å². The van der Waals surface area contributed by atoms with Gasteiger partial charge in [0.05, 0.1) is 0 Å². The zero-order valence-corrected chi connectivity index (χ0v) is 46.9. The molecule has 69 heavy (non-hydrogen) atoms. The molecule has 0 rings (SSSR count). The zero-order valence-electron chi connectivity index (χ0n) is 46.9. The zero-order chi connectivity index (χ0) is 50.0. The molecule has 0 N–H and O–H groups in total. The van der Waals surface area contributed by atoms with Crippen molar-refractivity contribution >= 4 is 17.9 Å². The van der Waals surface area contributed by atoms with Crippen LogP contribution in [0.1, 0.15) is 355 Å². The first-order valence-corrected chi connectivity index (χ1v) is 31.2. The smallest absolute Gasteiger partial charge is 0.306 e. The molecular formula is C63H120O6. The predicted molar refractivity (Wildman–Crippen MR) is 298 cm³/mol. The van der Waals surface area contributed by atoms with Crippen molar-refractivity contribution in [2.75, 3.05) is 13.2 Å². The van der Waals surface area contributed by atoms with Crippen LogP contribution in [0.3, 0.4) is 0 Å². The van der Waals surface area contributed by atoms with Gasteiger partial charge >= 0.3 is 17.9 Å². The Bertz CT molecular complexity index is 1070. The summed E-state index contributed by atoms with van der Waals surface area (Å²) in [6, 6.07) is 0. The number of hydrogen-bond acceptors (Lipinski definition) is 6. The molecule has 0 heterocycles. The molecule has 0 aliphatic heterocycles. The second kappa shape index (κ2) is 58.7. The second-order valence-electron chi connectivity index (χ2n) is 21.3. The van der Waals surface area contributed by atoms with Crippen LogP contribution in [0.4, 0.5) is 0 Å². The van der Waals surface area contributed by atoms with E-state index in [1.807, 2.05) is 0 Å². The van der Waals surface area contributed by atoms with E-state index in [9.17, 15) is 14.4 Å². The third-order valence-electron chi connectivity index (χ3n) is 14.3. The summed E-state index contributed by atoms with van der Waals surface area (Å²) in [5.41, 5.74) is 0. The van der Waals surface area contributed by atoms with E-state index in [4.69, 9.17) is 14.2 Å². The molecular weight excluding hydrogens is 853 g/mol. The lowest BCUT2D eigenvalue weighted by Crippen LogP contribution is -2.30. The van der Waals surface area contributed by atoms with E-state index >= 15 is 0 Å². The summed E-state index contributed by atoms with van der Waals surface area (Å²) in [5, 5.41) is 0. The van der Waals surface area contributed by atoms with Gasteiger partial charge in [-0.05, 0) is 44.9 Å². The molecule has 1 unspecified atom stereocenters. The highest BCUT2D eigenvalue weighted by Crippen LogP contribution is 2.18. The predicted octanol–water partition coefficient (Wildman–Crippen LogP) is 20.9. The van der Waals surface area contributed by atoms with Crippen molar-refractivity contribution in [3.8, 4) is 0 Å². The normalized spacial score (nSPS) is 12.0. The van der Waals surface area contributed by atoms with Crippen LogP contribution in [0, 0.1) is 0 Å². The maximum absolute atomic E-state index is 12.9. The minimum atomic E-state index is -0.768. The molecule has 0 aliphatic rings. The molecule has 0 aromatic rings. The lowest BCUT2D eigenvalue weighted by atomic mass is 10.0. The monoisotopic (exact) mass is 973 g/mol. The molecule has 0 saturated carbocycles. The summed E-state index contributed by atoms with van der Waals surface area (Å²) in [5.74, 6) is -0.847. The average Bonchev–Trinajstić information content (AvgIpc) is 3.35. The van der Waals surface area contributed by atoms with Crippen LogP contribution >= 0.6 is 0 Å². The number of carbonyl (C=O) groups is 3. The fourth-order valence-corrected chi connectivity index (χ4v) is 9.56. The van der Waals surface area contributed by atoms with Gasteiger partial charge in [0, 0.05) is 19.3 Å². The molecule has 6 nitrogen and oxygen atoms in total. The molecule has 408 valence electrons. The van der Waals surface area contributed by atoms with E-state index in [1.54, 1.807) is 0 Å². The number of ether oxygens (including phenoxy) is 3. The first-order chi connectivity index (χ1) is 34.0. The van der Waals surface area contributed by atoms with Crippen molar-refractivity contribution in [2.24, 2.45) is 0 Å². The van der Waals surface area contributed by atoms with Crippen LogP contribution in [-0.4, -0.2) is 37.2 Å². The van der Waals surface area contributed by atoms with Gasteiger partial charge in [-0.2, -0.15) is 0 Å². The van der Waals surface area contributed by atoms with Crippen LogP contribution in [0.15, 0.2) is 12.2 Å². The molecule has 1 atom stereocenters. The topological polar surface area (TPSA) is 78.9 Å². The number of allylic oxidation sites excluding steroid dienone is 2. The summed E-state index contributed by atoms with van der Waals surface area (Å²) in [6.07, 6.45) is 67.9. The fourth-order valence-electron chi connectivity index (χ4n) is 9.56. The maximum atomic E-state index is 12.9. The van der Waals surface area contributed by atoms with E-state index in [0.717, 1.165) is 64.2 Å². The summed E-state index contributed by atoms with van der Waals surface area (Å²) in [6.45, 7) is 6.69. The molecule has 0 saturated heterocycles. The molecule has 0 radical (unpaired) electrons. The van der Waals surface area contributed by atoms with E-state index in [1.165, 1.54) is 250 Å². The second-order valence-corrected chi connectivity index (χ2v) is 21.3. The number of esters is 3. The van der Waals surface area contributed by atoms with Crippen molar-refractivity contribution in [3.05, 3.63) is 12.2 Å². The highest BCUT2D eigenvalue weighted by molar-refractivity contribution is 5.71. The average molecular weight is 974 g/mol. The standard InChI is InChI=1S/C63H120O6/c1-4-7-10-13-16-19-22-25-28-29-30-31-32-33-34-36-38-41-44-47-50-53-56-62(65)68-59-60(58-67-61(64)55-52-49-46-43-40-37-27-24-21-18-15-12-9-6-3)69-63(66)57-54-51-48-45-42-39-35-26-23-20-17-14-11-8-5-2/h24,27,60H,4-23,25-26,28-59H2,1-3H3/b27-24-. The minimum Gasteiger partial charge on any atom is -0.462 e. The Hall–Kier alpha value is -1.85. The minimum absolute atomic E-state index is 0.0661. The summed E-state index contributed by atoms with van der Waals surface area (Å²) < 4.78 is 16.9. The van der Waals surface area contributed by atoms with Gasteiger partial charge in [-0.25, -0.2) is 0 Å². The largest absolute Gasteiger partial charge is 0.462 e. The summed E-state index contributed by atoms with van der Waals surface area (Å²) >= 11 is 0. The maximum Gasteiger partial charge on any atom is 0.306 e. The van der Waals surface area contributed by atoms with Crippen molar-refractivity contribution < 1.29 is 28.6 Å². The number of rotatable bonds is 58.